The Morgan fingerprint density at radius 1 is 1.53 bits per heavy atom. The number of benzene rings is 1. The van der Waals surface area contributed by atoms with Gasteiger partial charge in [-0.25, -0.2) is 9.69 Å². The summed E-state index contributed by atoms with van der Waals surface area (Å²) in [6, 6.07) is 3.04. The van der Waals surface area contributed by atoms with Crippen molar-refractivity contribution in [1.82, 2.24) is 4.90 Å². The lowest BCUT2D eigenvalue weighted by atomic mass is 10.1. The summed E-state index contributed by atoms with van der Waals surface area (Å²) in [5.74, 6) is -0.613. The second kappa shape index (κ2) is 3.13. The Morgan fingerprint density at radius 2 is 2.20 bits per heavy atom. The molecule has 2 rings (SSSR count). The fourth-order valence-corrected chi connectivity index (χ4v) is 1.78. The SMILES string of the molecule is Nc1ccc(Cl)c2c1C(=O)N(C(=O)O)C2. The maximum absolute atomic E-state index is 11.6. The number of fused-ring (bicyclic) bond motifs is 1. The van der Waals surface area contributed by atoms with E-state index in [0.29, 0.717) is 15.5 Å². The van der Waals surface area contributed by atoms with Crippen LogP contribution in [0.3, 0.4) is 0 Å². The molecule has 0 saturated carbocycles. The zero-order valence-corrected chi connectivity index (χ0v) is 8.28. The van der Waals surface area contributed by atoms with E-state index in [0.717, 1.165) is 0 Å². The molecule has 15 heavy (non-hydrogen) atoms. The molecule has 5 nitrogen and oxygen atoms in total. The van der Waals surface area contributed by atoms with Crippen LogP contribution in [0.4, 0.5) is 10.5 Å². The van der Waals surface area contributed by atoms with Crippen LogP contribution in [0.1, 0.15) is 15.9 Å². The van der Waals surface area contributed by atoms with Crippen LogP contribution in [0.2, 0.25) is 5.02 Å². The highest BCUT2D eigenvalue weighted by Crippen LogP contribution is 2.32. The van der Waals surface area contributed by atoms with E-state index in [1.165, 1.54) is 6.07 Å². The monoisotopic (exact) mass is 226 g/mol. The Morgan fingerprint density at radius 3 is 2.73 bits per heavy atom. The van der Waals surface area contributed by atoms with Crippen LogP contribution in [-0.4, -0.2) is 22.0 Å². The van der Waals surface area contributed by atoms with Crippen LogP contribution in [0.5, 0.6) is 0 Å². The first-order valence-corrected chi connectivity index (χ1v) is 4.52. The van der Waals surface area contributed by atoms with Gasteiger partial charge in [-0.1, -0.05) is 11.6 Å². The van der Waals surface area contributed by atoms with Crippen LogP contribution >= 0.6 is 11.6 Å². The molecule has 1 aliphatic rings. The van der Waals surface area contributed by atoms with Gasteiger partial charge in [0.2, 0.25) is 0 Å². The summed E-state index contributed by atoms with van der Waals surface area (Å²) in [5, 5.41) is 9.12. The van der Waals surface area contributed by atoms with Crippen molar-refractivity contribution >= 4 is 29.3 Å². The quantitative estimate of drug-likeness (QED) is 0.658. The number of nitrogens with zero attached hydrogens (tertiary/aromatic N) is 1. The molecule has 0 saturated heterocycles. The Balaban J connectivity index is 2.58. The molecule has 78 valence electrons. The molecule has 2 amide bonds. The number of nitrogen functional groups attached to an aromatic ring is 1. The average Bonchev–Trinajstić information content (AvgIpc) is 2.51. The third-order valence-electron chi connectivity index (χ3n) is 2.29. The van der Waals surface area contributed by atoms with Crippen LogP contribution in [0, 0.1) is 0 Å². The van der Waals surface area contributed by atoms with Gasteiger partial charge in [0.15, 0.2) is 0 Å². The lowest BCUT2D eigenvalue weighted by molar-refractivity contribution is 0.0764. The number of amides is 2. The highest BCUT2D eigenvalue weighted by atomic mass is 35.5. The van der Waals surface area contributed by atoms with E-state index >= 15 is 0 Å². The molecule has 0 aliphatic carbocycles. The number of carboxylic acid groups (broad SMARTS) is 1. The van der Waals surface area contributed by atoms with E-state index < -0.39 is 12.0 Å². The van der Waals surface area contributed by atoms with Crippen molar-refractivity contribution < 1.29 is 14.7 Å². The number of hydrogen-bond donors (Lipinski definition) is 2. The second-order valence-electron chi connectivity index (χ2n) is 3.16. The third-order valence-corrected chi connectivity index (χ3v) is 2.65. The van der Waals surface area contributed by atoms with Gasteiger partial charge in [-0.05, 0) is 12.1 Å². The molecule has 1 heterocycles. The van der Waals surface area contributed by atoms with Crippen LogP contribution < -0.4 is 5.73 Å². The van der Waals surface area contributed by atoms with Gasteiger partial charge in [0, 0.05) is 16.3 Å². The molecule has 1 aromatic rings. The minimum Gasteiger partial charge on any atom is -0.465 e. The van der Waals surface area contributed by atoms with E-state index in [1.54, 1.807) is 6.07 Å². The van der Waals surface area contributed by atoms with Gasteiger partial charge in [0.1, 0.15) is 0 Å². The first-order valence-electron chi connectivity index (χ1n) is 4.14. The van der Waals surface area contributed by atoms with E-state index in [-0.39, 0.29) is 17.8 Å². The minimum absolute atomic E-state index is 0.0344. The van der Waals surface area contributed by atoms with E-state index in [1.807, 2.05) is 0 Å². The molecule has 1 aliphatic heterocycles. The largest absolute Gasteiger partial charge is 0.465 e. The molecule has 0 unspecified atom stereocenters. The highest BCUT2D eigenvalue weighted by molar-refractivity contribution is 6.32. The van der Waals surface area contributed by atoms with Crippen molar-refractivity contribution in [2.45, 2.75) is 6.54 Å². The number of imide groups is 1. The predicted octanol–water partition coefficient (Wildman–Crippen LogP) is 1.56. The Hall–Kier alpha value is -1.75. The maximum atomic E-state index is 11.6. The molecule has 6 heteroatoms. The molecule has 0 fully saturated rings. The molecular formula is C9H7ClN2O3. The Bertz CT molecular complexity index is 473. The zero-order valence-electron chi connectivity index (χ0n) is 7.53. The molecule has 0 spiro atoms. The van der Waals surface area contributed by atoms with Gasteiger partial charge in [-0.2, -0.15) is 0 Å². The van der Waals surface area contributed by atoms with Crippen LogP contribution in [-0.2, 0) is 6.54 Å². The van der Waals surface area contributed by atoms with Gasteiger partial charge >= 0.3 is 6.09 Å². The zero-order chi connectivity index (χ0) is 11.2. The summed E-state index contributed by atoms with van der Waals surface area (Å²) in [4.78, 5) is 23.0. The second-order valence-corrected chi connectivity index (χ2v) is 3.57. The van der Waals surface area contributed by atoms with Gasteiger partial charge in [0.05, 0.1) is 12.1 Å². The van der Waals surface area contributed by atoms with E-state index in [4.69, 9.17) is 22.4 Å². The van der Waals surface area contributed by atoms with Crippen LogP contribution in [0.25, 0.3) is 0 Å². The number of hydrogen-bond acceptors (Lipinski definition) is 3. The van der Waals surface area contributed by atoms with Gasteiger partial charge in [-0.3, -0.25) is 4.79 Å². The first-order chi connectivity index (χ1) is 7.02. The summed E-state index contributed by atoms with van der Waals surface area (Å²) in [6.45, 7) is -0.0344. The molecule has 0 bridgehead atoms. The number of anilines is 1. The van der Waals surface area contributed by atoms with E-state index in [2.05, 4.69) is 0 Å². The number of carbonyl (C=O) groups excluding carboxylic acids is 1. The highest BCUT2D eigenvalue weighted by Gasteiger charge is 2.34. The molecule has 0 aromatic heterocycles. The summed E-state index contributed by atoms with van der Waals surface area (Å²) >= 11 is 5.85. The normalized spacial score (nSPS) is 14.2. The van der Waals surface area contributed by atoms with Gasteiger partial charge < -0.3 is 10.8 Å². The Kier molecular flexibility index (Phi) is 2.04. The number of carbonyl (C=O) groups is 2. The summed E-state index contributed by atoms with van der Waals surface area (Å²) in [5.41, 5.74) is 6.52. The summed E-state index contributed by atoms with van der Waals surface area (Å²) < 4.78 is 0. The maximum Gasteiger partial charge on any atom is 0.414 e. The number of nitrogens with two attached hydrogens (primary N) is 1. The van der Waals surface area contributed by atoms with Crippen molar-refractivity contribution in [3.63, 3.8) is 0 Å². The lowest BCUT2D eigenvalue weighted by Gasteiger charge is -2.06. The molecular weight excluding hydrogens is 220 g/mol. The van der Waals surface area contributed by atoms with Gasteiger partial charge in [-0.15, -0.1) is 0 Å². The molecule has 1 aromatic carbocycles. The summed E-state index contributed by atoms with van der Waals surface area (Å²) in [6.07, 6.45) is -1.30. The number of rotatable bonds is 0. The standard InChI is InChI=1S/C9H7ClN2O3/c10-5-1-2-6(11)7-4(5)3-12(8(7)13)9(14)15/h1-2H,3,11H2,(H,14,15). The molecule has 3 N–H and O–H groups in total. The van der Waals surface area contributed by atoms with Crippen molar-refractivity contribution in [1.29, 1.82) is 0 Å². The smallest absolute Gasteiger partial charge is 0.414 e. The summed E-state index contributed by atoms with van der Waals surface area (Å²) in [7, 11) is 0. The molecule has 0 radical (unpaired) electrons. The number of halogens is 1. The average molecular weight is 227 g/mol. The van der Waals surface area contributed by atoms with Crippen molar-refractivity contribution in [3.8, 4) is 0 Å². The first kappa shape index (κ1) is 9.79. The van der Waals surface area contributed by atoms with Crippen molar-refractivity contribution in [3.05, 3.63) is 28.3 Å². The Labute approximate surface area is 90.0 Å². The fourth-order valence-electron chi connectivity index (χ4n) is 1.57. The minimum atomic E-state index is -1.30. The van der Waals surface area contributed by atoms with Crippen molar-refractivity contribution in [2.24, 2.45) is 0 Å². The van der Waals surface area contributed by atoms with Crippen LogP contribution in [0.15, 0.2) is 12.1 Å². The molecule has 0 atom stereocenters. The topological polar surface area (TPSA) is 83.6 Å². The predicted molar refractivity (Wildman–Crippen MR) is 53.8 cm³/mol. The third kappa shape index (κ3) is 1.32. The van der Waals surface area contributed by atoms with Crippen molar-refractivity contribution in [2.75, 3.05) is 5.73 Å². The lowest BCUT2D eigenvalue weighted by Crippen LogP contribution is -2.29. The fraction of sp³-hybridized carbons (Fsp3) is 0.111. The van der Waals surface area contributed by atoms with E-state index in [9.17, 15) is 9.59 Å². The van der Waals surface area contributed by atoms with Gasteiger partial charge in [0.25, 0.3) is 5.91 Å².